The van der Waals surface area contributed by atoms with Crippen molar-refractivity contribution in [1.82, 2.24) is 14.9 Å². The number of aliphatic hydroxyl groups is 1. The number of nitrogens with zero attached hydrogens (tertiary/aromatic N) is 1. The molecule has 1 aromatic heterocycles. The molecule has 0 unspecified atom stereocenters. The SMILES string of the molecule is Cc1[nH]c(=O)[nH]c(=O)c1CN1CC[C@H](Oc2ccc(F)cc2)[C@@H](O)CC1. The Kier molecular flexibility index (Phi) is 5.53. The molecule has 1 aliphatic rings. The van der Waals surface area contributed by atoms with E-state index < -0.39 is 23.5 Å². The fourth-order valence-electron chi connectivity index (χ4n) is 3.14. The minimum absolute atomic E-state index is 0.341. The molecule has 0 radical (unpaired) electrons. The van der Waals surface area contributed by atoms with E-state index in [0.717, 1.165) is 0 Å². The molecule has 1 aromatic carbocycles. The third-order valence-corrected chi connectivity index (χ3v) is 4.64. The van der Waals surface area contributed by atoms with Crippen molar-refractivity contribution >= 4 is 0 Å². The van der Waals surface area contributed by atoms with Crippen LogP contribution in [0.4, 0.5) is 4.39 Å². The molecular weight excluding hydrogens is 341 g/mol. The number of hydrogen-bond donors (Lipinski definition) is 3. The normalized spacial score (nSPS) is 21.3. The molecule has 26 heavy (non-hydrogen) atoms. The lowest BCUT2D eigenvalue weighted by Crippen LogP contribution is -2.33. The van der Waals surface area contributed by atoms with Crippen LogP contribution in [0.1, 0.15) is 24.1 Å². The summed E-state index contributed by atoms with van der Waals surface area (Å²) in [6.07, 6.45) is 0.00538. The fourth-order valence-corrected chi connectivity index (χ4v) is 3.14. The highest BCUT2D eigenvalue weighted by Crippen LogP contribution is 2.21. The van der Waals surface area contributed by atoms with Gasteiger partial charge in [-0.2, -0.15) is 0 Å². The number of aromatic nitrogens is 2. The Labute approximate surface area is 149 Å². The number of halogens is 1. The number of ether oxygens (including phenoxy) is 1. The lowest BCUT2D eigenvalue weighted by atomic mass is 10.1. The van der Waals surface area contributed by atoms with E-state index in [1.54, 1.807) is 6.92 Å². The second-order valence-electron chi connectivity index (χ2n) is 6.54. The second kappa shape index (κ2) is 7.84. The molecule has 0 aliphatic carbocycles. The van der Waals surface area contributed by atoms with Gasteiger partial charge in [0.2, 0.25) is 0 Å². The van der Waals surface area contributed by atoms with Gasteiger partial charge in [-0.15, -0.1) is 0 Å². The number of H-pyrrole nitrogens is 2. The maximum Gasteiger partial charge on any atom is 0.325 e. The van der Waals surface area contributed by atoms with Crippen LogP contribution < -0.4 is 16.0 Å². The quantitative estimate of drug-likeness (QED) is 0.750. The summed E-state index contributed by atoms with van der Waals surface area (Å²) >= 11 is 0. The second-order valence-corrected chi connectivity index (χ2v) is 6.54. The minimum Gasteiger partial charge on any atom is -0.488 e. The van der Waals surface area contributed by atoms with E-state index in [1.807, 2.05) is 4.90 Å². The summed E-state index contributed by atoms with van der Waals surface area (Å²) in [5, 5.41) is 10.4. The van der Waals surface area contributed by atoms with Crippen LogP contribution >= 0.6 is 0 Å². The highest BCUT2D eigenvalue weighted by molar-refractivity contribution is 5.22. The van der Waals surface area contributed by atoms with Gasteiger partial charge in [0.25, 0.3) is 5.56 Å². The van der Waals surface area contributed by atoms with E-state index in [4.69, 9.17) is 4.74 Å². The van der Waals surface area contributed by atoms with Gasteiger partial charge in [0.05, 0.1) is 11.7 Å². The van der Waals surface area contributed by atoms with Crippen LogP contribution in [0.25, 0.3) is 0 Å². The maximum atomic E-state index is 13.0. The number of aryl methyl sites for hydroxylation is 1. The highest BCUT2D eigenvalue weighted by Gasteiger charge is 2.27. The molecule has 8 heteroatoms. The molecule has 3 N–H and O–H groups in total. The Hall–Kier alpha value is -2.45. The first-order valence-electron chi connectivity index (χ1n) is 8.57. The van der Waals surface area contributed by atoms with Crippen molar-refractivity contribution in [1.29, 1.82) is 0 Å². The Morgan fingerprint density at radius 3 is 2.58 bits per heavy atom. The Morgan fingerprint density at radius 1 is 1.19 bits per heavy atom. The van der Waals surface area contributed by atoms with E-state index in [9.17, 15) is 19.1 Å². The van der Waals surface area contributed by atoms with Gasteiger partial charge in [-0.1, -0.05) is 0 Å². The molecule has 0 spiro atoms. The number of rotatable bonds is 4. The van der Waals surface area contributed by atoms with Crippen molar-refractivity contribution in [3.05, 3.63) is 62.2 Å². The first kappa shape index (κ1) is 18.3. The first-order valence-corrected chi connectivity index (χ1v) is 8.57. The van der Waals surface area contributed by atoms with E-state index in [0.29, 0.717) is 49.5 Å². The summed E-state index contributed by atoms with van der Waals surface area (Å²) in [7, 11) is 0. The Morgan fingerprint density at radius 2 is 1.88 bits per heavy atom. The average molecular weight is 363 g/mol. The minimum atomic E-state index is -0.653. The molecule has 0 saturated carbocycles. The van der Waals surface area contributed by atoms with Gasteiger partial charge in [-0.05, 0) is 44.0 Å². The van der Waals surface area contributed by atoms with Crippen molar-refractivity contribution in [2.45, 2.75) is 38.5 Å². The smallest absolute Gasteiger partial charge is 0.325 e. The molecule has 3 rings (SSSR count). The standard InChI is InChI=1S/C18H22FN3O4/c1-11-14(17(24)21-18(25)20-11)10-22-8-6-15(23)16(7-9-22)26-13-4-2-12(19)3-5-13/h2-5,15-16,23H,6-10H2,1H3,(H2,20,21,24,25)/t15-,16-/m0/s1. The molecule has 7 nitrogen and oxygen atoms in total. The number of benzene rings is 1. The van der Waals surface area contributed by atoms with Crippen LogP contribution in [0, 0.1) is 12.7 Å². The van der Waals surface area contributed by atoms with Gasteiger partial charge in [0.1, 0.15) is 17.7 Å². The van der Waals surface area contributed by atoms with E-state index in [-0.39, 0.29) is 5.82 Å². The zero-order chi connectivity index (χ0) is 18.7. The largest absolute Gasteiger partial charge is 0.488 e. The van der Waals surface area contributed by atoms with Crippen LogP contribution in [0.3, 0.4) is 0 Å². The van der Waals surface area contributed by atoms with Crippen LogP contribution in [0.5, 0.6) is 5.75 Å². The van der Waals surface area contributed by atoms with Crippen molar-refractivity contribution in [3.8, 4) is 5.75 Å². The molecule has 2 atom stereocenters. The molecular formula is C18H22FN3O4. The monoisotopic (exact) mass is 363 g/mol. The molecule has 0 bridgehead atoms. The molecule has 1 saturated heterocycles. The average Bonchev–Trinajstić information content (AvgIpc) is 2.76. The maximum absolute atomic E-state index is 13.0. The van der Waals surface area contributed by atoms with Crippen LogP contribution in [0.2, 0.25) is 0 Å². The predicted octanol–water partition coefficient (Wildman–Crippen LogP) is 0.915. The van der Waals surface area contributed by atoms with Gasteiger partial charge in [-0.3, -0.25) is 14.7 Å². The summed E-state index contributed by atoms with van der Waals surface area (Å²) in [6, 6.07) is 5.70. The lowest BCUT2D eigenvalue weighted by Gasteiger charge is -2.22. The third-order valence-electron chi connectivity index (χ3n) is 4.64. The van der Waals surface area contributed by atoms with Crippen molar-refractivity contribution in [3.63, 3.8) is 0 Å². The van der Waals surface area contributed by atoms with Crippen LogP contribution in [0.15, 0.2) is 33.9 Å². The van der Waals surface area contributed by atoms with Crippen molar-refractivity contribution in [2.75, 3.05) is 13.1 Å². The summed E-state index contributed by atoms with van der Waals surface area (Å²) in [5.74, 6) is 0.170. The summed E-state index contributed by atoms with van der Waals surface area (Å²) in [6.45, 7) is 3.30. The molecule has 140 valence electrons. The predicted molar refractivity (Wildman–Crippen MR) is 93.8 cm³/mol. The Bertz CT molecular complexity index is 862. The zero-order valence-corrected chi connectivity index (χ0v) is 14.5. The number of nitrogens with one attached hydrogen (secondary N) is 2. The summed E-state index contributed by atoms with van der Waals surface area (Å²) < 4.78 is 18.8. The molecule has 1 fully saturated rings. The molecule has 0 amide bonds. The van der Waals surface area contributed by atoms with Gasteiger partial charge in [0, 0.05) is 25.3 Å². The molecule has 1 aliphatic heterocycles. The lowest BCUT2D eigenvalue weighted by molar-refractivity contribution is 0.0349. The van der Waals surface area contributed by atoms with E-state index in [1.165, 1.54) is 24.3 Å². The number of hydrogen-bond acceptors (Lipinski definition) is 5. The van der Waals surface area contributed by atoms with Crippen LogP contribution in [-0.2, 0) is 6.54 Å². The molecule has 2 heterocycles. The molecule has 2 aromatic rings. The van der Waals surface area contributed by atoms with E-state index >= 15 is 0 Å². The first-order chi connectivity index (χ1) is 12.4. The van der Waals surface area contributed by atoms with Gasteiger partial charge < -0.3 is 14.8 Å². The zero-order valence-electron chi connectivity index (χ0n) is 14.5. The van der Waals surface area contributed by atoms with E-state index in [2.05, 4.69) is 9.97 Å². The Balaban J connectivity index is 1.66. The topological polar surface area (TPSA) is 98.4 Å². The number of likely N-dealkylation sites (tertiary alicyclic amines) is 1. The van der Waals surface area contributed by atoms with Gasteiger partial charge in [0.15, 0.2) is 0 Å². The van der Waals surface area contributed by atoms with Crippen LogP contribution in [-0.4, -0.2) is 45.3 Å². The number of aliphatic hydroxyl groups excluding tert-OH is 1. The number of aromatic amines is 2. The summed E-state index contributed by atoms with van der Waals surface area (Å²) in [4.78, 5) is 30.2. The van der Waals surface area contributed by atoms with Crippen molar-refractivity contribution in [2.24, 2.45) is 0 Å². The van der Waals surface area contributed by atoms with Gasteiger partial charge >= 0.3 is 5.69 Å². The fraction of sp³-hybridized carbons (Fsp3) is 0.444. The summed E-state index contributed by atoms with van der Waals surface area (Å²) in [5.41, 5.74) is 0.144. The highest BCUT2D eigenvalue weighted by atomic mass is 19.1. The third kappa shape index (κ3) is 4.39. The van der Waals surface area contributed by atoms with Gasteiger partial charge in [-0.25, -0.2) is 9.18 Å². The van der Waals surface area contributed by atoms with Crippen molar-refractivity contribution < 1.29 is 14.2 Å².